The van der Waals surface area contributed by atoms with Crippen LogP contribution >= 0.6 is 0 Å². The van der Waals surface area contributed by atoms with E-state index in [4.69, 9.17) is 4.52 Å². The summed E-state index contributed by atoms with van der Waals surface area (Å²) in [4.78, 5) is 11.3. The Morgan fingerprint density at radius 1 is 1.24 bits per heavy atom. The van der Waals surface area contributed by atoms with Gasteiger partial charge in [-0.3, -0.25) is 0 Å². The summed E-state index contributed by atoms with van der Waals surface area (Å²) in [5.41, 5.74) is -1.01. The highest BCUT2D eigenvalue weighted by Gasteiger charge is 2.33. The molecule has 114 valence electrons. The van der Waals surface area contributed by atoms with Crippen LogP contribution in [-0.4, -0.2) is 33.7 Å². The van der Waals surface area contributed by atoms with Gasteiger partial charge < -0.3 is 15.2 Å². The third-order valence-corrected chi connectivity index (χ3v) is 2.46. The summed E-state index contributed by atoms with van der Waals surface area (Å²) in [6, 6.07) is 0.850. The number of nitrogens with one attached hydrogen (secondary N) is 2. The van der Waals surface area contributed by atoms with Crippen LogP contribution in [0.5, 0.6) is 0 Å². The van der Waals surface area contributed by atoms with Crippen molar-refractivity contribution in [3.8, 4) is 0 Å². The first kappa shape index (κ1) is 15.0. The number of halogens is 3. The van der Waals surface area contributed by atoms with Gasteiger partial charge in [0.2, 0.25) is 11.8 Å². The third kappa shape index (κ3) is 4.04. The summed E-state index contributed by atoms with van der Waals surface area (Å²) < 4.78 is 42.9. The molecule has 0 aliphatic rings. The van der Waals surface area contributed by atoms with Crippen LogP contribution in [0.4, 0.5) is 24.9 Å². The first-order chi connectivity index (χ1) is 9.88. The first-order valence-corrected chi connectivity index (χ1v) is 6.05. The quantitative estimate of drug-likeness (QED) is 0.871. The predicted octanol–water partition coefficient (Wildman–Crippen LogP) is 1.88. The smallest absolute Gasteiger partial charge is 0.369 e. The highest BCUT2D eigenvalue weighted by atomic mass is 19.4. The average Bonchev–Trinajstić information content (AvgIpc) is 2.83. The second-order valence-electron chi connectivity index (χ2n) is 4.12. The minimum Gasteiger partial charge on any atom is -0.369 e. The highest BCUT2D eigenvalue weighted by molar-refractivity contribution is 5.42. The molecule has 0 aliphatic heterocycles. The van der Waals surface area contributed by atoms with Gasteiger partial charge in [0.25, 0.3) is 0 Å². The number of alkyl halides is 3. The van der Waals surface area contributed by atoms with Crippen LogP contribution in [0.15, 0.2) is 10.6 Å². The number of hydrogen-bond donors (Lipinski definition) is 2. The molecule has 0 aromatic carbocycles. The van der Waals surface area contributed by atoms with Crippen molar-refractivity contribution in [3.05, 3.63) is 23.5 Å². The standard InChI is InChI=1S/C11H13F3N6O/c1-6-17-8(20-21-6)3-4-16-9-5-7(11(12,13)14)18-10(15-2)19-9/h5H,3-4H2,1-2H3,(H2,15,16,18,19). The van der Waals surface area contributed by atoms with Crippen molar-refractivity contribution in [2.75, 3.05) is 24.2 Å². The van der Waals surface area contributed by atoms with Crippen LogP contribution in [0.1, 0.15) is 17.4 Å². The Morgan fingerprint density at radius 2 is 2.00 bits per heavy atom. The number of hydrogen-bond acceptors (Lipinski definition) is 7. The van der Waals surface area contributed by atoms with Crippen LogP contribution in [0.3, 0.4) is 0 Å². The molecular weight excluding hydrogens is 289 g/mol. The zero-order valence-corrected chi connectivity index (χ0v) is 11.3. The maximum atomic E-state index is 12.7. The van der Waals surface area contributed by atoms with E-state index in [-0.39, 0.29) is 11.8 Å². The van der Waals surface area contributed by atoms with Crippen molar-refractivity contribution in [1.82, 2.24) is 20.1 Å². The fourth-order valence-electron chi connectivity index (χ4n) is 1.54. The molecule has 0 unspecified atom stereocenters. The van der Waals surface area contributed by atoms with E-state index in [9.17, 15) is 13.2 Å². The van der Waals surface area contributed by atoms with Gasteiger partial charge in [-0.2, -0.15) is 23.1 Å². The fraction of sp³-hybridized carbons (Fsp3) is 0.455. The molecule has 0 bridgehead atoms. The second-order valence-corrected chi connectivity index (χ2v) is 4.12. The Labute approximate surface area is 118 Å². The van der Waals surface area contributed by atoms with E-state index in [1.165, 1.54) is 7.05 Å². The van der Waals surface area contributed by atoms with Crippen molar-refractivity contribution in [2.24, 2.45) is 0 Å². The SMILES string of the molecule is CNc1nc(NCCc2noc(C)n2)cc(C(F)(F)F)n1. The van der Waals surface area contributed by atoms with Gasteiger partial charge in [0.15, 0.2) is 11.5 Å². The monoisotopic (exact) mass is 302 g/mol. The summed E-state index contributed by atoms with van der Waals surface area (Å²) in [5, 5.41) is 8.95. The van der Waals surface area contributed by atoms with Crippen LogP contribution in [0, 0.1) is 6.92 Å². The molecule has 21 heavy (non-hydrogen) atoms. The molecule has 0 radical (unpaired) electrons. The molecule has 2 N–H and O–H groups in total. The number of aromatic nitrogens is 4. The molecule has 2 aromatic heterocycles. The molecule has 10 heteroatoms. The zero-order chi connectivity index (χ0) is 15.5. The number of aryl methyl sites for hydroxylation is 1. The van der Waals surface area contributed by atoms with Crippen LogP contribution < -0.4 is 10.6 Å². The summed E-state index contributed by atoms with van der Waals surface area (Å²) in [6.45, 7) is 1.97. The van der Waals surface area contributed by atoms with Gasteiger partial charge in [-0.1, -0.05) is 5.16 Å². The summed E-state index contributed by atoms with van der Waals surface area (Å²) >= 11 is 0. The minimum atomic E-state index is -4.53. The van der Waals surface area contributed by atoms with E-state index in [1.54, 1.807) is 6.92 Å². The van der Waals surface area contributed by atoms with E-state index in [0.29, 0.717) is 24.7 Å². The molecule has 0 saturated carbocycles. The number of rotatable bonds is 5. The van der Waals surface area contributed by atoms with Gasteiger partial charge in [0.1, 0.15) is 5.82 Å². The van der Waals surface area contributed by atoms with Gasteiger partial charge >= 0.3 is 6.18 Å². The maximum Gasteiger partial charge on any atom is 0.433 e. The number of anilines is 2. The Balaban J connectivity index is 2.05. The molecule has 7 nitrogen and oxygen atoms in total. The third-order valence-electron chi connectivity index (χ3n) is 2.46. The molecule has 2 aromatic rings. The van der Waals surface area contributed by atoms with Crippen LogP contribution in [0.25, 0.3) is 0 Å². The van der Waals surface area contributed by atoms with Crippen LogP contribution in [0.2, 0.25) is 0 Å². The molecule has 0 fully saturated rings. The first-order valence-electron chi connectivity index (χ1n) is 6.05. The lowest BCUT2D eigenvalue weighted by atomic mass is 10.3. The summed E-state index contributed by atoms with van der Waals surface area (Å²) in [6.07, 6.45) is -4.13. The molecular formula is C11H13F3N6O. The Bertz CT molecular complexity index is 612. The lowest BCUT2D eigenvalue weighted by molar-refractivity contribution is -0.141. The lowest BCUT2D eigenvalue weighted by Crippen LogP contribution is -2.14. The second kappa shape index (κ2) is 5.94. The van der Waals surface area contributed by atoms with Crippen molar-refractivity contribution < 1.29 is 17.7 Å². The zero-order valence-electron chi connectivity index (χ0n) is 11.3. The average molecular weight is 302 g/mol. The van der Waals surface area contributed by atoms with E-state index >= 15 is 0 Å². The van der Waals surface area contributed by atoms with Crippen LogP contribution in [-0.2, 0) is 12.6 Å². The molecule has 0 amide bonds. The molecule has 2 heterocycles. The molecule has 0 saturated heterocycles. The highest BCUT2D eigenvalue weighted by Crippen LogP contribution is 2.29. The van der Waals surface area contributed by atoms with Gasteiger partial charge in [0.05, 0.1) is 0 Å². The molecule has 0 atom stereocenters. The number of nitrogens with zero attached hydrogens (tertiary/aromatic N) is 4. The van der Waals surface area contributed by atoms with E-state index in [0.717, 1.165) is 6.07 Å². The van der Waals surface area contributed by atoms with Crippen molar-refractivity contribution in [1.29, 1.82) is 0 Å². The van der Waals surface area contributed by atoms with Crippen molar-refractivity contribution >= 4 is 11.8 Å². The van der Waals surface area contributed by atoms with E-state index < -0.39 is 11.9 Å². The van der Waals surface area contributed by atoms with Crippen molar-refractivity contribution in [2.45, 2.75) is 19.5 Å². The topological polar surface area (TPSA) is 88.8 Å². The largest absolute Gasteiger partial charge is 0.433 e. The summed E-state index contributed by atoms with van der Waals surface area (Å²) in [5.74, 6) is 0.868. The van der Waals surface area contributed by atoms with Gasteiger partial charge in [-0.05, 0) is 0 Å². The van der Waals surface area contributed by atoms with Gasteiger partial charge in [0, 0.05) is 33.0 Å². The Morgan fingerprint density at radius 3 is 2.57 bits per heavy atom. The summed E-state index contributed by atoms with van der Waals surface area (Å²) in [7, 11) is 1.45. The van der Waals surface area contributed by atoms with Gasteiger partial charge in [-0.25, -0.2) is 4.98 Å². The minimum absolute atomic E-state index is 0.0712. The maximum absolute atomic E-state index is 12.7. The van der Waals surface area contributed by atoms with Crippen molar-refractivity contribution in [3.63, 3.8) is 0 Å². The van der Waals surface area contributed by atoms with Gasteiger partial charge in [-0.15, -0.1) is 0 Å². The Hall–Kier alpha value is -2.39. The Kier molecular flexibility index (Phi) is 4.24. The van der Waals surface area contributed by atoms with E-state index in [1.807, 2.05) is 0 Å². The predicted molar refractivity (Wildman–Crippen MR) is 67.8 cm³/mol. The fourth-order valence-corrected chi connectivity index (χ4v) is 1.54. The normalized spacial score (nSPS) is 11.5. The molecule has 0 aliphatic carbocycles. The lowest BCUT2D eigenvalue weighted by Gasteiger charge is -2.11. The molecule has 0 spiro atoms. The van der Waals surface area contributed by atoms with E-state index in [2.05, 4.69) is 30.7 Å². The molecule has 2 rings (SSSR count).